The molecule has 126 valence electrons. The fraction of sp³-hybridized carbons (Fsp3) is 0.100. The summed E-state index contributed by atoms with van der Waals surface area (Å²) in [4.78, 5) is 17.8. The Balaban J connectivity index is 1.76. The van der Waals surface area contributed by atoms with E-state index >= 15 is 0 Å². The van der Waals surface area contributed by atoms with Crippen molar-refractivity contribution >= 4 is 29.0 Å². The van der Waals surface area contributed by atoms with Crippen LogP contribution in [0.2, 0.25) is 0 Å². The molecule has 1 amide bonds. The Morgan fingerprint density at radius 2 is 1.64 bits per heavy atom. The number of rotatable bonds is 6. The molecule has 0 bridgehead atoms. The van der Waals surface area contributed by atoms with E-state index in [-0.39, 0.29) is 5.91 Å². The number of carbonyl (C=O) groups excluding carboxylic acids is 1. The molecule has 0 aliphatic carbocycles. The summed E-state index contributed by atoms with van der Waals surface area (Å²) in [6.07, 6.45) is 5.51. The molecule has 0 saturated heterocycles. The first-order chi connectivity index (χ1) is 12.3. The van der Waals surface area contributed by atoms with Gasteiger partial charge in [0.2, 0.25) is 0 Å². The van der Waals surface area contributed by atoms with E-state index in [2.05, 4.69) is 15.6 Å². The van der Waals surface area contributed by atoms with E-state index in [1.807, 2.05) is 66.9 Å². The fourth-order valence-electron chi connectivity index (χ4n) is 2.47. The van der Waals surface area contributed by atoms with Gasteiger partial charge in [0.25, 0.3) is 5.91 Å². The Labute approximate surface area is 151 Å². The molecular weight excluding hydrogens is 330 g/mol. The monoisotopic (exact) mass is 349 g/mol. The Morgan fingerprint density at radius 1 is 0.960 bits per heavy atom. The lowest BCUT2D eigenvalue weighted by molar-refractivity contribution is 0.102. The molecule has 0 saturated carbocycles. The number of para-hydroxylation sites is 2. The smallest absolute Gasteiger partial charge is 0.257 e. The van der Waals surface area contributed by atoms with Gasteiger partial charge in [-0.3, -0.25) is 9.78 Å². The molecule has 5 heteroatoms. The molecule has 25 heavy (non-hydrogen) atoms. The highest BCUT2D eigenvalue weighted by atomic mass is 32.2. The number of thioether (sulfide) groups is 1. The molecule has 0 radical (unpaired) electrons. The first kappa shape index (κ1) is 17.0. The topological polar surface area (TPSA) is 54.0 Å². The van der Waals surface area contributed by atoms with E-state index in [4.69, 9.17) is 0 Å². The van der Waals surface area contributed by atoms with Crippen LogP contribution in [0.3, 0.4) is 0 Å². The van der Waals surface area contributed by atoms with Crippen LogP contribution >= 0.6 is 11.8 Å². The van der Waals surface area contributed by atoms with Crippen LogP contribution in [0.5, 0.6) is 0 Å². The average molecular weight is 349 g/mol. The van der Waals surface area contributed by atoms with Crippen LogP contribution in [-0.2, 0) is 6.54 Å². The highest BCUT2D eigenvalue weighted by molar-refractivity contribution is 7.98. The summed E-state index contributed by atoms with van der Waals surface area (Å²) in [5.74, 6) is -0.126. The number of nitrogens with one attached hydrogen (secondary N) is 2. The van der Waals surface area contributed by atoms with E-state index in [0.717, 1.165) is 21.8 Å². The van der Waals surface area contributed by atoms with Crippen LogP contribution in [0, 0.1) is 0 Å². The maximum atomic E-state index is 12.7. The van der Waals surface area contributed by atoms with Gasteiger partial charge in [0.15, 0.2) is 0 Å². The molecule has 0 fully saturated rings. The standard InChI is InChI=1S/C20H19N3OS/c1-25-19-9-5-4-8-18(19)23-20(24)16-6-2-3-7-17(16)22-14-15-10-12-21-13-11-15/h2-13,22H,14H2,1H3,(H,23,24). The first-order valence-electron chi connectivity index (χ1n) is 7.94. The fourth-order valence-corrected chi connectivity index (χ4v) is 3.02. The van der Waals surface area contributed by atoms with E-state index in [0.29, 0.717) is 12.1 Å². The second-order valence-corrected chi connectivity index (χ2v) is 6.26. The third-order valence-electron chi connectivity index (χ3n) is 3.76. The Kier molecular flexibility index (Phi) is 5.69. The minimum Gasteiger partial charge on any atom is -0.380 e. The number of amides is 1. The van der Waals surface area contributed by atoms with Gasteiger partial charge in [-0.2, -0.15) is 0 Å². The van der Waals surface area contributed by atoms with E-state index < -0.39 is 0 Å². The largest absolute Gasteiger partial charge is 0.380 e. The molecule has 1 heterocycles. The van der Waals surface area contributed by atoms with Crippen LogP contribution in [-0.4, -0.2) is 17.1 Å². The molecule has 0 atom stereocenters. The zero-order valence-corrected chi connectivity index (χ0v) is 14.7. The summed E-state index contributed by atoms with van der Waals surface area (Å²) in [5, 5.41) is 6.34. The predicted octanol–water partition coefficient (Wildman–Crippen LogP) is 4.67. The molecule has 1 aromatic heterocycles. The van der Waals surface area contributed by atoms with Crippen molar-refractivity contribution in [3.63, 3.8) is 0 Å². The summed E-state index contributed by atoms with van der Waals surface area (Å²) < 4.78 is 0. The van der Waals surface area contributed by atoms with Crippen molar-refractivity contribution in [1.29, 1.82) is 0 Å². The van der Waals surface area contributed by atoms with Gasteiger partial charge in [-0.1, -0.05) is 24.3 Å². The summed E-state index contributed by atoms with van der Waals surface area (Å²) in [6, 6.07) is 19.2. The Morgan fingerprint density at radius 3 is 2.40 bits per heavy atom. The van der Waals surface area contributed by atoms with Crippen LogP contribution in [0.4, 0.5) is 11.4 Å². The summed E-state index contributed by atoms with van der Waals surface area (Å²) in [6.45, 7) is 0.633. The van der Waals surface area contributed by atoms with Crippen molar-refractivity contribution in [2.75, 3.05) is 16.9 Å². The number of nitrogens with zero attached hydrogens (tertiary/aromatic N) is 1. The quantitative estimate of drug-likeness (QED) is 0.635. The SMILES string of the molecule is CSc1ccccc1NC(=O)c1ccccc1NCc1ccncc1. The van der Waals surface area contributed by atoms with Crippen LogP contribution in [0.1, 0.15) is 15.9 Å². The van der Waals surface area contributed by atoms with Crippen LogP contribution in [0.25, 0.3) is 0 Å². The maximum Gasteiger partial charge on any atom is 0.257 e. The van der Waals surface area contributed by atoms with Gasteiger partial charge in [0.05, 0.1) is 11.3 Å². The van der Waals surface area contributed by atoms with Crippen molar-refractivity contribution in [1.82, 2.24) is 4.98 Å². The van der Waals surface area contributed by atoms with Crippen LogP contribution in [0.15, 0.2) is 78.0 Å². The van der Waals surface area contributed by atoms with Gasteiger partial charge in [-0.25, -0.2) is 0 Å². The lowest BCUT2D eigenvalue weighted by atomic mass is 10.1. The highest BCUT2D eigenvalue weighted by Crippen LogP contribution is 2.26. The van der Waals surface area contributed by atoms with Crippen molar-refractivity contribution < 1.29 is 4.79 Å². The number of hydrogen-bond acceptors (Lipinski definition) is 4. The van der Waals surface area contributed by atoms with Gasteiger partial charge in [-0.05, 0) is 48.2 Å². The third kappa shape index (κ3) is 4.39. The van der Waals surface area contributed by atoms with Crippen molar-refractivity contribution in [2.24, 2.45) is 0 Å². The Hall–Kier alpha value is -2.79. The van der Waals surface area contributed by atoms with Crippen LogP contribution < -0.4 is 10.6 Å². The van der Waals surface area contributed by atoms with Gasteiger partial charge >= 0.3 is 0 Å². The normalized spacial score (nSPS) is 10.3. The molecule has 2 N–H and O–H groups in total. The zero-order valence-electron chi connectivity index (χ0n) is 13.9. The second-order valence-electron chi connectivity index (χ2n) is 5.41. The number of hydrogen-bond donors (Lipinski definition) is 2. The molecule has 0 aliphatic heterocycles. The molecule has 4 nitrogen and oxygen atoms in total. The van der Waals surface area contributed by atoms with Gasteiger partial charge in [0.1, 0.15) is 0 Å². The van der Waals surface area contributed by atoms with Gasteiger partial charge in [0, 0.05) is 29.5 Å². The summed E-state index contributed by atoms with van der Waals surface area (Å²) in [5.41, 5.74) is 3.35. The van der Waals surface area contributed by atoms with Crippen molar-refractivity contribution in [3.8, 4) is 0 Å². The molecular formula is C20H19N3OS. The van der Waals surface area contributed by atoms with E-state index in [9.17, 15) is 4.79 Å². The minimum atomic E-state index is -0.126. The molecule has 0 unspecified atom stereocenters. The molecule has 3 rings (SSSR count). The molecule has 0 aliphatic rings. The summed E-state index contributed by atoms with van der Waals surface area (Å²) >= 11 is 1.61. The molecule has 0 spiro atoms. The predicted molar refractivity (Wildman–Crippen MR) is 104 cm³/mol. The number of anilines is 2. The number of carbonyl (C=O) groups is 1. The highest BCUT2D eigenvalue weighted by Gasteiger charge is 2.12. The van der Waals surface area contributed by atoms with Gasteiger partial charge < -0.3 is 10.6 Å². The third-order valence-corrected chi connectivity index (χ3v) is 4.56. The van der Waals surface area contributed by atoms with Crippen molar-refractivity contribution in [2.45, 2.75) is 11.4 Å². The van der Waals surface area contributed by atoms with Crippen molar-refractivity contribution in [3.05, 3.63) is 84.2 Å². The zero-order chi connectivity index (χ0) is 17.5. The van der Waals surface area contributed by atoms with E-state index in [1.165, 1.54) is 0 Å². The molecule has 2 aromatic carbocycles. The minimum absolute atomic E-state index is 0.126. The lowest BCUT2D eigenvalue weighted by Crippen LogP contribution is -2.15. The number of benzene rings is 2. The van der Waals surface area contributed by atoms with E-state index in [1.54, 1.807) is 24.2 Å². The Bertz CT molecular complexity index is 852. The maximum absolute atomic E-state index is 12.7. The lowest BCUT2D eigenvalue weighted by Gasteiger charge is -2.13. The average Bonchev–Trinajstić information content (AvgIpc) is 2.68. The second kappa shape index (κ2) is 8.35. The van der Waals surface area contributed by atoms with Gasteiger partial charge in [-0.15, -0.1) is 11.8 Å². The molecule has 3 aromatic rings. The summed E-state index contributed by atoms with van der Waals surface area (Å²) in [7, 11) is 0. The number of aromatic nitrogens is 1. The number of pyridine rings is 1. The first-order valence-corrected chi connectivity index (χ1v) is 9.16.